The summed E-state index contributed by atoms with van der Waals surface area (Å²) in [4.78, 5) is 16.6. The third-order valence-corrected chi connectivity index (χ3v) is 8.95. The molecular weight excluding hydrogens is 465 g/mol. The minimum atomic E-state index is 0.00797. The van der Waals surface area contributed by atoms with Crippen molar-refractivity contribution in [3.63, 3.8) is 0 Å². The highest BCUT2D eigenvalue weighted by Gasteiger charge is 2.67. The van der Waals surface area contributed by atoms with E-state index in [0.29, 0.717) is 45.3 Å². The number of fused-ring (bicyclic) bond motifs is 2. The molecule has 3 N–H and O–H groups in total. The maximum Gasteiger partial charge on any atom is 0.202 e. The summed E-state index contributed by atoms with van der Waals surface area (Å²) in [5.74, 6) is 1.91. The van der Waals surface area contributed by atoms with E-state index in [-0.39, 0.29) is 5.41 Å². The Morgan fingerprint density at radius 1 is 1.28 bits per heavy atom. The zero-order valence-corrected chi connectivity index (χ0v) is 19.7. The van der Waals surface area contributed by atoms with Gasteiger partial charge in [0, 0.05) is 41.7 Å². The monoisotopic (exact) mass is 485 g/mol. The van der Waals surface area contributed by atoms with Gasteiger partial charge in [0.15, 0.2) is 0 Å². The van der Waals surface area contributed by atoms with Crippen LogP contribution in [0.4, 0.5) is 5.82 Å². The molecular formula is C22H21Cl2N7S. The van der Waals surface area contributed by atoms with Gasteiger partial charge in [-0.15, -0.1) is 11.3 Å². The second kappa shape index (κ2) is 7.38. The average molecular weight is 486 g/mol. The van der Waals surface area contributed by atoms with Gasteiger partial charge < -0.3 is 10.6 Å². The highest BCUT2D eigenvalue weighted by Crippen LogP contribution is 2.63. The Hall–Kier alpha value is -2.26. The number of nitrogens with one attached hydrogen (secondary N) is 1. The number of rotatable bonds is 4. The molecule has 1 saturated heterocycles. The number of piperidine rings is 1. The summed E-state index contributed by atoms with van der Waals surface area (Å²) >= 11 is 14.3. The second-order valence-corrected chi connectivity index (χ2v) is 10.2. The van der Waals surface area contributed by atoms with E-state index < -0.39 is 0 Å². The van der Waals surface area contributed by atoms with Gasteiger partial charge in [-0.2, -0.15) is 5.10 Å². The smallest absolute Gasteiger partial charge is 0.202 e. The summed E-state index contributed by atoms with van der Waals surface area (Å²) in [5, 5.41) is 11.7. The molecule has 3 atom stereocenters. The number of hydrogen-bond acceptors (Lipinski definition) is 7. The van der Waals surface area contributed by atoms with Crippen LogP contribution < -0.4 is 10.6 Å². The van der Waals surface area contributed by atoms with Crippen molar-refractivity contribution in [3.05, 3.63) is 50.5 Å². The summed E-state index contributed by atoms with van der Waals surface area (Å²) in [6, 6.07) is 5.50. The molecule has 1 aliphatic carbocycles. The lowest BCUT2D eigenvalue weighted by Crippen LogP contribution is -2.32. The van der Waals surface area contributed by atoms with Crippen LogP contribution in [0.3, 0.4) is 0 Å². The first kappa shape index (κ1) is 20.4. The topological polar surface area (TPSA) is 96.6 Å². The van der Waals surface area contributed by atoms with Crippen LogP contribution in [0.1, 0.15) is 17.1 Å². The predicted octanol–water partition coefficient (Wildman–Crippen LogP) is 4.44. The Labute approximate surface area is 199 Å². The van der Waals surface area contributed by atoms with Crippen LogP contribution in [0.5, 0.6) is 0 Å². The Morgan fingerprint density at radius 2 is 2.16 bits per heavy atom. The van der Waals surface area contributed by atoms with Crippen LogP contribution in [0.25, 0.3) is 22.4 Å². The van der Waals surface area contributed by atoms with Crippen LogP contribution >= 0.6 is 34.5 Å². The molecule has 4 aromatic rings. The summed E-state index contributed by atoms with van der Waals surface area (Å²) < 4.78 is 0. The van der Waals surface area contributed by atoms with E-state index in [1.165, 1.54) is 5.01 Å². The lowest BCUT2D eigenvalue weighted by atomic mass is 10.0. The predicted molar refractivity (Wildman–Crippen MR) is 129 cm³/mol. The van der Waals surface area contributed by atoms with Crippen molar-refractivity contribution in [2.24, 2.45) is 17.6 Å². The van der Waals surface area contributed by atoms with Gasteiger partial charge in [-0.05, 0) is 31.2 Å². The first-order valence-electron chi connectivity index (χ1n) is 10.6. The van der Waals surface area contributed by atoms with Gasteiger partial charge in [0.2, 0.25) is 5.65 Å². The molecule has 1 saturated carbocycles. The lowest BCUT2D eigenvalue weighted by Gasteiger charge is -2.26. The maximum atomic E-state index is 6.40. The Kier molecular flexibility index (Phi) is 4.69. The molecule has 4 heterocycles. The number of aryl methyl sites for hydroxylation is 1. The zero-order chi connectivity index (χ0) is 22.0. The third-order valence-electron chi connectivity index (χ3n) is 6.98. The summed E-state index contributed by atoms with van der Waals surface area (Å²) in [5.41, 5.74) is 10.1. The molecule has 0 bridgehead atoms. The van der Waals surface area contributed by atoms with Crippen LogP contribution in [0.15, 0.2) is 29.8 Å². The number of nitrogens with two attached hydrogens (primary N) is 1. The highest BCUT2D eigenvalue weighted by atomic mass is 35.5. The molecule has 32 heavy (non-hydrogen) atoms. The third kappa shape index (κ3) is 2.90. The van der Waals surface area contributed by atoms with Crippen LogP contribution in [0, 0.1) is 18.8 Å². The number of anilines is 1. The van der Waals surface area contributed by atoms with Crippen LogP contribution in [0.2, 0.25) is 10.0 Å². The summed E-state index contributed by atoms with van der Waals surface area (Å²) in [6.45, 7) is 4.50. The van der Waals surface area contributed by atoms with Gasteiger partial charge in [0.25, 0.3) is 0 Å². The highest BCUT2D eigenvalue weighted by molar-refractivity contribution is 7.09. The van der Waals surface area contributed by atoms with Gasteiger partial charge in [-0.1, -0.05) is 35.3 Å². The second-order valence-electron chi connectivity index (χ2n) is 8.59. The Balaban J connectivity index is 1.29. The van der Waals surface area contributed by atoms with E-state index in [9.17, 15) is 0 Å². The van der Waals surface area contributed by atoms with Crippen molar-refractivity contribution in [2.45, 2.75) is 18.8 Å². The largest absolute Gasteiger partial charge is 0.355 e. The number of aromatic nitrogens is 5. The van der Waals surface area contributed by atoms with Crippen molar-refractivity contribution >= 4 is 51.5 Å². The van der Waals surface area contributed by atoms with Crippen molar-refractivity contribution in [1.29, 1.82) is 0 Å². The van der Waals surface area contributed by atoms with Gasteiger partial charge >= 0.3 is 0 Å². The number of nitrogens with zero attached hydrogens (tertiary/aromatic N) is 5. The zero-order valence-electron chi connectivity index (χ0n) is 17.3. The molecule has 0 amide bonds. The molecule has 0 spiro atoms. The number of halogens is 2. The fourth-order valence-corrected chi connectivity index (χ4v) is 6.82. The fraction of sp³-hybridized carbons (Fsp3) is 0.364. The standard InChI is InChI=1S/C22H21Cl2N7S/c1-11-9-32-21(27-11)22(10-25)13-5-6-31(8-14(13)22)16-7-26-19-18(29-30-20(19)28-16)12-3-2-4-15(23)17(12)24/h2-4,7,9,13-14H,5-6,8,10,25H2,1H3,(H,28,29,30)/t13-,14+,22-/m0/s1. The molecule has 10 heteroatoms. The Morgan fingerprint density at radius 3 is 2.94 bits per heavy atom. The molecule has 2 aliphatic rings. The maximum absolute atomic E-state index is 6.40. The number of thiazole rings is 1. The van der Waals surface area contributed by atoms with Gasteiger partial charge in [0.05, 0.1) is 21.9 Å². The summed E-state index contributed by atoms with van der Waals surface area (Å²) in [7, 11) is 0. The normalized spacial score (nSPS) is 24.7. The van der Waals surface area contributed by atoms with Crippen molar-refractivity contribution < 1.29 is 0 Å². The molecule has 7 nitrogen and oxygen atoms in total. The first-order valence-corrected chi connectivity index (χ1v) is 12.2. The lowest BCUT2D eigenvalue weighted by molar-refractivity contribution is 0.545. The van der Waals surface area contributed by atoms with E-state index >= 15 is 0 Å². The van der Waals surface area contributed by atoms with Gasteiger partial charge in [-0.3, -0.25) is 5.10 Å². The number of aromatic amines is 1. The molecule has 0 unspecified atom stereocenters. The van der Waals surface area contributed by atoms with Crippen LogP contribution in [-0.4, -0.2) is 44.8 Å². The quantitative estimate of drug-likeness (QED) is 0.443. The SMILES string of the molecule is Cc1csc([C@]2(CN)[C@@H]3CN(c4cnc5c(-c6cccc(Cl)c6Cl)[nH]nc5n4)CC[C@@H]32)n1. The van der Waals surface area contributed by atoms with Crippen molar-refractivity contribution in [3.8, 4) is 11.3 Å². The number of benzene rings is 1. The molecule has 164 valence electrons. The van der Waals surface area contributed by atoms with E-state index in [2.05, 4.69) is 25.5 Å². The first-order chi connectivity index (χ1) is 15.5. The minimum Gasteiger partial charge on any atom is -0.355 e. The van der Waals surface area contributed by atoms with Crippen molar-refractivity contribution in [2.75, 3.05) is 24.5 Å². The molecule has 3 aromatic heterocycles. The van der Waals surface area contributed by atoms with Gasteiger partial charge in [0.1, 0.15) is 16.3 Å². The van der Waals surface area contributed by atoms with Gasteiger partial charge in [-0.25, -0.2) is 15.0 Å². The average Bonchev–Trinajstić information content (AvgIpc) is 3.06. The van der Waals surface area contributed by atoms with Crippen LogP contribution in [-0.2, 0) is 5.41 Å². The molecule has 2 fully saturated rings. The molecule has 1 aromatic carbocycles. The van der Waals surface area contributed by atoms with E-state index in [1.807, 2.05) is 25.3 Å². The number of H-pyrrole nitrogens is 1. The minimum absolute atomic E-state index is 0.00797. The van der Waals surface area contributed by atoms with E-state index in [4.69, 9.17) is 38.9 Å². The molecule has 1 aliphatic heterocycles. The fourth-order valence-electron chi connectivity index (χ4n) is 5.28. The summed E-state index contributed by atoms with van der Waals surface area (Å²) in [6.07, 6.45) is 2.89. The van der Waals surface area contributed by atoms with Crippen molar-refractivity contribution in [1.82, 2.24) is 25.1 Å². The molecule has 0 radical (unpaired) electrons. The molecule has 6 rings (SSSR count). The number of hydrogen-bond donors (Lipinski definition) is 2. The van der Waals surface area contributed by atoms with E-state index in [0.717, 1.165) is 36.6 Å². The van der Waals surface area contributed by atoms with E-state index in [1.54, 1.807) is 17.4 Å². The Bertz CT molecular complexity index is 1340.